The topological polar surface area (TPSA) is 24.9 Å². The van der Waals surface area contributed by atoms with Crippen LogP contribution in [-0.4, -0.2) is 12.0 Å². The molecule has 2 rings (SSSR count). The molecule has 0 spiro atoms. The molecule has 1 atom stereocenters. The van der Waals surface area contributed by atoms with Gasteiger partial charge in [-0.25, -0.2) is 0 Å². The lowest BCUT2D eigenvalue weighted by atomic mass is 10.0. The Hall–Kier alpha value is -1.19. The highest BCUT2D eigenvalue weighted by atomic mass is 32.1. The van der Waals surface area contributed by atoms with Gasteiger partial charge in [-0.3, -0.25) is 4.98 Å². The maximum atomic E-state index is 4.50. The van der Waals surface area contributed by atoms with E-state index in [0.717, 1.165) is 12.8 Å². The molecule has 2 heterocycles. The summed E-state index contributed by atoms with van der Waals surface area (Å²) in [6.07, 6.45) is 3.93. The maximum absolute atomic E-state index is 4.50. The smallest absolute Gasteiger partial charge is 0.0471 e. The Morgan fingerprint density at radius 3 is 2.89 bits per heavy atom. The van der Waals surface area contributed by atoms with E-state index in [9.17, 15) is 0 Å². The average Bonchev–Trinajstić information content (AvgIpc) is 2.86. The van der Waals surface area contributed by atoms with Crippen LogP contribution in [0.1, 0.15) is 34.7 Å². The normalized spacial score (nSPS) is 12.6. The van der Waals surface area contributed by atoms with Crippen LogP contribution in [0.5, 0.6) is 0 Å². The van der Waals surface area contributed by atoms with Crippen molar-refractivity contribution in [2.45, 2.75) is 32.7 Å². The van der Waals surface area contributed by atoms with Crippen molar-refractivity contribution >= 4 is 11.3 Å². The van der Waals surface area contributed by atoms with Gasteiger partial charge in [0.2, 0.25) is 0 Å². The zero-order chi connectivity index (χ0) is 13.0. The minimum absolute atomic E-state index is 0.369. The van der Waals surface area contributed by atoms with Crippen molar-refractivity contribution in [3.05, 3.63) is 51.5 Å². The number of rotatable bonds is 5. The third-order valence-corrected chi connectivity index (χ3v) is 4.41. The van der Waals surface area contributed by atoms with E-state index in [0.29, 0.717) is 6.04 Å². The fraction of sp³-hybridized carbons (Fsp3) is 0.400. The molecule has 3 heteroatoms. The summed E-state index contributed by atoms with van der Waals surface area (Å²) in [6, 6.07) is 6.73. The largest absolute Gasteiger partial charge is 0.312 e. The van der Waals surface area contributed by atoms with Crippen molar-refractivity contribution in [3.63, 3.8) is 0 Å². The number of thiophene rings is 1. The van der Waals surface area contributed by atoms with Gasteiger partial charge in [-0.05, 0) is 49.0 Å². The number of pyridine rings is 1. The van der Waals surface area contributed by atoms with Crippen molar-refractivity contribution in [1.29, 1.82) is 0 Å². The van der Waals surface area contributed by atoms with Gasteiger partial charge in [-0.2, -0.15) is 0 Å². The molecule has 0 saturated heterocycles. The van der Waals surface area contributed by atoms with Crippen molar-refractivity contribution < 1.29 is 0 Å². The van der Waals surface area contributed by atoms with Crippen molar-refractivity contribution in [2.24, 2.45) is 0 Å². The quantitative estimate of drug-likeness (QED) is 0.889. The van der Waals surface area contributed by atoms with E-state index in [2.05, 4.69) is 41.7 Å². The summed E-state index contributed by atoms with van der Waals surface area (Å²) in [5.41, 5.74) is 3.91. The number of nitrogens with one attached hydrogen (secondary N) is 1. The molecule has 2 nitrogen and oxygen atoms in total. The summed E-state index contributed by atoms with van der Waals surface area (Å²) in [6.45, 7) is 4.34. The summed E-state index contributed by atoms with van der Waals surface area (Å²) in [7, 11) is 2.03. The van der Waals surface area contributed by atoms with Crippen molar-refractivity contribution in [2.75, 3.05) is 7.05 Å². The second-order valence-corrected chi connectivity index (χ2v) is 5.42. The third kappa shape index (κ3) is 2.79. The molecule has 2 aromatic heterocycles. The average molecular weight is 260 g/mol. The van der Waals surface area contributed by atoms with Crippen LogP contribution in [0, 0.1) is 6.92 Å². The van der Waals surface area contributed by atoms with E-state index >= 15 is 0 Å². The van der Waals surface area contributed by atoms with Crippen molar-refractivity contribution in [1.82, 2.24) is 10.3 Å². The van der Waals surface area contributed by atoms with Crippen LogP contribution in [0.15, 0.2) is 29.8 Å². The van der Waals surface area contributed by atoms with Gasteiger partial charge < -0.3 is 5.32 Å². The third-order valence-electron chi connectivity index (χ3n) is 3.34. The first kappa shape index (κ1) is 13.2. The number of aryl methyl sites for hydroxylation is 2. The van der Waals surface area contributed by atoms with Crippen LogP contribution in [-0.2, 0) is 12.8 Å². The Kier molecular flexibility index (Phi) is 4.50. The fourth-order valence-electron chi connectivity index (χ4n) is 2.20. The van der Waals surface area contributed by atoms with E-state index in [1.807, 2.05) is 30.6 Å². The predicted molar refractivity (Wildman–Crippen MR) is 78.2 cm³/mol. The summed E-state index contributed by atoms with van der Waals surface area (Å²) in [5, 5.41) is 5.61. The highest BCUT2D eigenvalue weighted by molar-refractivity contribution is 7.10. The Labute approximate surface area is 113 Å². The number of hydrogen-bond donors (Lipinski definition) is 1. The molecule has 18 heavy (non-hydrogen) atoms. The molecule has 0 radical (unpaired) electrons. The van der Waals surface area contributed by atoms with Gasteiger partial charge in [0.15, 0.2) is 0 Å². The molecule has 0 aromatic carbocycles. The lowest BCUT2D eigenvalue weighted by molar-refractivity contribution is 0.588. The van der Waals surface area contributed by atoms with E-state index in [4.69, 9.17) is 0 Å². The molecule has 0 amide bonds. The van der Waals surface area contributed by atoms with Crippen LogP contribution in [0.3, 0.4) is 0 Å². The minimum atomic E-state index is 0.369. The first-order valence-electron chi connectivity index (χ1n) is 6.40. The molecule has 1 unspecified atom stereocenters. The summed E-state index contributed by atoms with van der Waals surface area (Å²) >= 11 is 1.84. The highest BCUT2D eigenvalue weighted by Crippen LogP contribution is 2.27. The summed E-state index contributed by atoms with van der Waals surface area (Å²) in [5.74, 6) is 0. The van der Waals surface area contributed by atoms with Gasteiger partial charge in [-0.1, -0.05) is 13.0 Å². The fourth-order valence-corrected chi connectivity index (χ4v) is 3.30. The SMILES string of the molecule is CCc1ccsc1C(Cc1ncccc1C)NC. The van der Waals surface area contributed by atoms with Crippen LogP contribution in [0.4, 0.5) is 0 Å². The van der Waals surface area contributed by atoms with Crippen LogP contribution >= 0.6 is 11.3 Å². The molecule has 2 aromatic rings. The van der Waals surface area contributed by atoms with E-state index < -0.39 is 0 Å². The van der Waals surface area contributed by atoms with E-state index in [1.54, 1.807) is 0 Å². The molecule has 0 fully saturated rings. The number of likely N-dealkylation sites (N-methyl/N-ethyl adjacent to an activating group) is 1. The molecule has 0 aliphatic carbocycles. The second-order valence-electron chi connectivity index (χ2n) is 4.48. The molecule has 0 bridgehead atoms. The molecular formula is C15H20N2S. The van der Waals surface area contributed by atoms with Gasteiger partial charge in [0.25, 0.3) is 0 Å². The number of aromatic nitrogens is 1. The second kappa shape index (κ2) is 6.12. The lowest BCUT2D eigenvalue weighted by Gasteiger charge is -2.17. The Morgan fingerprint density at radius 1 is 1.39 bits per heavy atom. The van der Waals surface area contributed by atoms with Crippen LogP contribution < -0.4 is 5.32 Å². The van der Waals surface area contributed by atoms with Gasteiger partial charge in [0.05, 0.1) is 0 Å². The Balaban J connectivity index is 2.23. The maximum Gasteiger partial charge on any atom is 0.0471 e. The predicted octanol–water partition coefficient (Wildman–Crippen LogP) is 3.52. The molecule has 0 aliphatic heterocycles. The first-order valence-corrected chi connectivity index (χ1v) is 7.28. The highest BCUT2D eigenvalue weighted by Gasteiger charge is 2.16. The molecule has 96 valence electrons. The first-order chi connectivity index (χ1) is 8.76. The summed E-state index contributed by atoms with van der Waals surface area (Å²) in [4.78, 5) is 5.95. The van der Waals surface area contributed by atoms with Gasteiger partial charge in [0, 0.05) is 29.2 Å². The molecule has 0 saturated carbocycles. The molecule has 0 aliphatic rings. The minimum Gasteiger partial charge on any atom is -0.312 e. The molecule has 1 N–H and O–H groups in total. The van der Waals surface area contributed by atoms with Crippen LogP contribution in [0.2, 0.25) is 0 Å². The zero-order valence-electron chi connectivity index (χ0n) is 11.2. The van der Waals surface area contributed by atoms with Crippen molar-refractivity contribution in [3.8, 4) is 0 Å². The number of nitrogens with zero attached hydrogens (tertiary/aromatic N) is 1. The Bertz CT molecular complexity index is 505. The number of hydrogen-bond acceptors (Lipinski definition) is 3. The zero-order valence-corrected chi connectivity index (χ0v) is 12.1. The Morgan fingerprint density at radius 2 is 2.22 bits per heavy atom. The van der Waals surface area contributed by atoms with E-state index in [1.165, 1.54) is 21.7 Å². The van der Waals surface area contributed by atoms with Gasteiger partial charge in [0.1, 0.15) is 0 Å². The monoisotopic (exact) mass is 260 g/mol. The summed E-state index contributed by atoms with van der Waals surface area (Å²) < 4.78 is 0. The standard InChI is InChI=1S/C15H20N2S/c1-4-12-7-9-18-15(12)14(16-3)10-13-11(2)6-5-8-17-13/h5-9,14,16H,4,10H2,1-3H3. The lowest BCUT2D eigenvalue weighted by Crippen LogP contribution is -2.19. The van der Waals surface area contributed by atoms with Gasteiger partial charge >= 0.3 is 0 Å². The molecular weight excluding hydrogens is 240 g/mol. The van der Waals surface area contributed by atoms with E-state index in [-0.39, 0.29) is 0 Å². The van der Waals surface area contributed by atoms with Gasteiger partial charge in [-0.15, -0.1) is 11.3 Å². The van der Waals surface area contributed by atoms with Crippen LogP contribution in [0.25, 0.3) is 0 Å².